The summed E-state index contributed by atoms with van der Waals surface area (Å²) >= 11 is 0. The average molecular weight is 454 g/mol. The quantitative estimate of drug-likeness (QED) is 0.377. The Kier molecular flexibility index (Phi) is 9.43. The lowest BCUT2D eigenvalue weighted by Crippen LogP contribution is -2.59. The Bertz CT molecular complexity index is 875. The van der Waals surface area contributed by atoms with Crippen molar-refractivity contribution < 1.29 is 28.5 Å². The van der Waals surface area contributed by atoms with Crippen molar-refractivity contribution in [2.75, 3.05) is 31.2 Å². The van der Waals surface area contributed by atoms with Gasteiger partial charge in [-0.3, -0.25) is 0 Å². The first kappa shape index (κ1) is 25.3. The zero-order valence-electron chi connectivity index (χ0n) is 17.8. The Morgan fingerprint density at radius 2 is 1.84 bits per heavy atom. The normalized spacial score (nSPS) is 24.6. The highest BCUT2D eigenvalue weighted by Gasteiger charge is 2.40. The number of sulfonamides is 1. The van der Waals surface area contributed by atoms with E-state index in [1.54, 1.807) is 18.2 Å². The van der Waals surface area contributed by atoms with Crippen molar-refractivity contribution in [3.05, 3.63) is 34.7 Å². The summed E-state index contributed by atoms with van der Waals surface area (Å²) in [4.78, 5) is 1.72. The summed E-state index contributed by atoms with van der Waals surface area (Å²) in [7, 11) is -4.27. The van der Waals surface area contributed by atoms with Crippen LogP contribution in [0.4, 0.5) is 5.69 Å². The number of aliphatic hydroxyl groups is 3. The van der Waals surface area contributed by atoms with Gasteiger partial charge in [-0.05, 0) is 36.6 Å². The van der Waals surface area contributed by atoms with Crippen molar-refractivity contribution in [2.24, 2.45) is 0 Å². The summed E-state index contributed by atoms with van der Waals surface area (Å²) in [6.45, 7) is 5.28. The summed E-state index contributed by atoms with van der Waals surface area (Å²) in [6.07, 6.45) is -0.673. The largest absolute Gasteiger partial charge is 0.394 e. The second-order valence-electron chi connectivity index (χ2n) is 7.46. The van der Waals surface area contributed by atoms with Gasteiger partial charge in [0.2, 0.25) is 0 Å². The first-order valence-electron chi connectivity index (χ1n) is 10.3. The molecule has 0 aromatic heterocycles. The minimum absolute atomic E-state index is 0.249. The highest BCUT2D eigenvalue weighted by Crippen LogP contribution is 2.21. The summed E-state index contributed by atoms with van der Waals surface area (Å²) in [5.74, 6) is 0. The molecule has 4 atom stereocenters. The topological polar surface area (TPSA) is 143 Å². The molecule has 1 aromatic rings. The fraction of sp³-hybridized carbons (Fsp3) is 0.571. The molecule has 1 heterocycles. The van der Waals surface area contributed by atoms with Gasteiger partial charge in [-0.15, -0.1) is 0 Å². The van der Waals surface area contributed by atoms with E-state index in [2.05, 4.69) is 23.5 Å². The van der Waals surface area contributed by atoms with Crippen molar-refractivity contribution in [3.63, 3.8) is 0 Å². The molecule has 1 fully saturated rings. The molecule has 31 heavy (non-hydrogen) atoms. The minimum Gasteiger partial charge on any atom is -0.394 e. The lowest BCUT2D eigenvalue weighted by atomic mass is 9.99. The first-order chi connectivity index (χ1) is 14.8. The number of benzene rings is 1. The second kappa shape index (κ2) is 11.6. The van der Waals surface area contributed by atoms with E-state index in [-0.39, 0.29) is 6.61 Å². The third kappa shape index (κ3) is 6.49. The summed E-state index contributed by atoms with van der Waals surface area (Å²) in [6, 6.07) is 7.79. The molecule has 1 aliphatic rings. The van der Waals surface area contributed by atoms with E-state index in [0.29, 0.717) is 5.56 Å². The zero-order chi connectivity index (χ0) is 23.0. The second-order valence-corrected chi connectivity index (χ2v) is 9.14. The Hall–Kier alpha value is -2.00. The third-order valence-corrected chi connectivity index (χ3v) is 6.46. The van der Waals surface area contributed by atoms with Crippen molar-refractivity contribution >= 4 is 21.8 Å². The number of aliphatic hydroxyl groups excluding tert-OH is 3. The molecule has 2 rings (SSSR count). The maximum Gasteiger partial charge on any atom is 0.251 e. The monoisotopic (exact) mass is 453 g/mol. The van der Waals surface area contributed by atoms with Gasteiger partial charge in [-0.1, -0.05) is 26.0 Å². The van der Waals surface area contributed by atoms with Crippen LogP contribution >= 0.6 is 0 Å². The maximum atomic E-state index is 12.7. The number of nitrogens with zero attached hydrogens (tertiary/aromatic N) is 2. The van der Waals surface area contributed by atoms with Gasteiger partial charge in [0.1, 0.15) is 24.4 Å². The van der Waals surface area contributed by atoms with Crippen LogP contribution in [0.15, 0.2) is 29.2 Å². The standard InChI is InChI=1S/C21H31N3O6S/c1-3-9-24(10-4-2)16-7-5-15(6-8-16)11-17(12-22)31(28,29)23-18-14-30-19(13-25)21(27)20(18)26/h5-8,11,18-21,23,25-27H,3-4,9-10,13-14H2,1-2H3/b17-11+/t18-,19+,20+,21+/m0/s1. The van der Waals surface area contributed by atoms with E-state index >= 15 is 0 Å². The molecule has 0 aliphatic carbocycles. The van der Waals surface area contributed by atoms with Crippen LogP contribution in [0.5, 0.6) is 0 Å². The van der Waals surface area contributed by atoms with Gasteiger partial charge in [-0.2, -0.15) is 5.26 Å². The summed E-state index contributed by atoms with van der Waals surface area (Å²) in [5.41, 5.74) is 1.56. The minimum atomic E-state index is -4.27. The highest BCUT2D eigenvalue weighted by molar-refractivity contribution is 7.93. The van der Waals surface area contributed by atoms with Gasteiger partial charge in [0.05, 0.1) is 19.3 Å². The number of ether oxygens (including phenoxy) is 1. The maximum absolute atomic E-state index is 12.7. The van der Waals surface area contributed by atoms with Crippen LogP contribution < -0.4 is 9.62 Å². The number of anilines is 1. The predicted octanol–water partition coefficient (Wildman–Crippen LogP) is 0.578. The van der Waals surface area contributed by atoms with Gasteiger partial charge in [0.15, 0.2) is 4.91 Å². The van der Waals surface area contributed by atoms with Crippen LogP contribution in [-0.2, 0) is 14.8 Å². The average Bonchev–Trinajstić information content (AvgIpc) is 2.75. The first-order valence-corrected chi connectivity index (χ1v) is 11.8. The fourth-order valence-corrected chi connectivity index (χ4v) is 4.57. The number of allylic oxidation sites excluding steroid dienone is 1. The molecule has 1 aromatic carbocycles. The molecule has 1 saturated heterocycles. The molecule has 0 saturated carbocycles. The Morgan fingerprint density at radius 3 is 2.35 bits per heavy atom. The Morgan fingerprint density at radius 1 is 1.23 bits per heavy atom. The lowest BCUT2D eigenvalue weighted by Gasteiger charge is -2.36. The predicted molar refractivity (Wildman–Crippen MR) is 118 cm³/mol. The number of nitrogens with one attached hydrogen (secondary N) is 1. The Labute approximate surface area is 183 Å². The molecule has 10 heteroatoms. The Balaban J connectivity index is 2.17. The molecular weight excluding hydrogens is 422 g/mol. The van der Waals surface area contributed by atoms with Gasteiger partial charge >= 0.3 is 0 Å². The van der Waals surface area contributed by atoms with Crippen LogP contribution in [-0.4, -0.2) is 74.4 Å². The number of hydrogen-bond donors (Lipinski definition) is 4. The van der Waals surface area contributed by atoms with Gasteiger partial charge in [0, 0.05) is 18.8 Å². The van der Waals surface area contributed by atoms with Gasteiger partial charge < -0.3 is 25.0 Å². The molecule has 172 valence electrons. The molecule has 0 bridgehead atoms. The van der Waals surface area contributed by atoms with E-state index in [1.807, 2.05) is 12.1 Å². The molecule has 0 unspecified atom stereocenters. The van der Waals surface area contributed by atoms with Crippen LogP contribution in [0.2, 0.25) is 0 Å². The molecule has 1 aliphatic heterocycles. The van der Waals surface area contributed by atoms with Crippen molar-refractivity contribution in [3.8, 4) is 6.07 Å². The van der Waals surface area contributed by atoms with Gasteiger partial charge in [-0.25, -0.2) is 13.1 Å². The lowest BCUT2D eigenvalue weighted by molar-refractivity contribution is -0.158. The molecule has 0 amide bonds. The zero-order valence-corrected chi connectivity index (χ0v) is 18.6. The van der Waals surface area contributed by atoms with Crippen LogP contribution in [0.3, 0.4) is 0 Å². The molecule has 4 N–H and O–H groups in total. The van der Waals surface area contributed by atoms with Crippen LogP contribution in [0.25, 0.3) is 6.08 Å². The van der Waals surface area contributed by atoms with Crippen molar-refractivity contribution in [1.82, 2.24) is 4.72 Å². The SMILES string of the molecule is CCCN(CCC)c1ccc(/C=C(\C#N)S(=O)(=O)N[C@H]2CO[C@H](CO)[C@@H](O)[C@@H]2O)cc1. The number of rotatable bonds is 10. The van der Waals surface area contributed by atoms with E-state index in [9.17, 15) is 23.9 Å². The van der Waals surface area contributed by atoms with Crippen LogP contribution in [0.1, 0.15) is 32.3 Å². The molecule has 0 radical (unpaired) electrons. The van der Waals surface area contributed by atoms with E-state index in [1.165, 1.54) is 6.08 Å². The molecule has 0 spiro atoms. The van der Waals surface area contributed by atoms with E-state index < -0.39 is 45.9 Å². The molecular formula is C21H31N3O6S. The highest BCUT2D eigenvalue weighted by atomic mass is 32.2. The van der Waals surface area contributed by atoms with Crippen LogP contribution in [0, 0.1) is 11.3 Å². The summed E-state index contributed by atoms with van der Waals surface area (Å²) < 4.78 is 32.7. The summed E-state index contributed by atoms with van der Waals surface area (Å²) in [5, 5.41) is 38.6. The van der Waals surface area contributed by atoms with Crippen molar-refractivity contribution in [1.29, 1.82) is 5.26 Å². The molecule has 9 nitrogen and oxygen atoms in total. The van der Waals surface area contributed by atoms with Gasteiger partial charge in [0.25, 0.3) is 10.0 Å². The number of hydrogen-bond acceptors (Lipinski definition) is 8. The number of nitriles is 1. The smallest absolute Gasteiger partial charge is 0.251 e. The third-order valence-electron chi connectivity index (χ3n) is 5.06. The van der Waals surface area contributed by atoms with E-state index in [4.69, 9.17) is 9.84 Å². The van der Waals surface area contributed by atoms with Crippen molar-refractivity contribution in [2.45, 2.75) is 51.0 Å². The fourth-order valence-electron chi connectivity index (χ4n) is 3.42. The van der Waals surface area contributed by atoms with E-state index in [0.717, 1.165) is 31.6 Å².